The van der Waals surface area contributed by atoms with Gasteiger partial charge in [-0.3, -0.25) is 9.59 Å². The molecule has 0 saturated carbocycles. The summed E-state index contributed by atoms with van der Waals surface area (Å²) in [7, 11) is 0. The van der Waals surface area contributed by atoms with Crippen LogP contribution in [0.3, 0.4) is 0 Å². The van der Waals surface area contributed by atoms with Crippen LogP contribution < -0.4 is 19.5 Å². The molecule has 2 heterocycles. The molecule has 6 nitrogen and oxygen atoms in total. The molecule has 0 spiro atoms. The van der Waals surface area contributed by atoms with E-state index in [0.29, 0.717) is 53.2 Å². The van der Waals surface area contributed by atoms with Gasteiger partial charge in [-0.15, -0.1) is 11.3 Å². The third kappa shape index (κ3) is 3.35. The van der Waals surface area contributed by atoms with Crippen molar-refractivity contribution in [2.45, 2.75) is 13.8 Å². The van der Waals surface area contributed by atoms with E-state index >= 15 is 0 Å². The Labute approximate surface area is 143 Å². The van der Waals surface area contributed by atoms with Gasteiger partial charge in [0, 0.05) is 23.1 Å². The molecule has 7 heteroatoms. The number of nitrogens with one attached hydrogen (secondary N) is 1. The Morgan fingerprint density at radius 3 is 2.54 bits per heavy atom. The molecular weight excluding hydrogens is 330 g/mol. The molecule has 1 amide bonds. The summed E-state index contributed by atoms with van der Waals surface area (Å²) in [6, 6.07) is 4.99. The predicted octanol–water partition coefficient (Wildman–Crippen LogP) is 3.37. The minimum atomic E-state index is -0.301. The number of ether oxygens (including phenoxy) is 3. The molecular formula is C17H17NO5S. The zero-order valence-corrected chi connectivity index (χ0v) is 14.2. The number of Topliss-reactive ketones (excluding diaryl/α,β-unsaturated/α-hetero) is 1. The summed E-state index contributed by atoms with van der Waals surface area (Å²) in [5, 5.41) is 4.48. The first-order chi connectivity index (χ1) is 11.6. The average Bonchev–Trinajstić information content (AvgIpc) is 3.06. The molecule has 0 saturated heterocycles. The summed E-state index contributed by atoms with van der Waals surface area (Å²) >= 11 is 1.22. The van der Waals surface area contributed by atoms with Crippen molar-refractivity contribution in [3.8, 4) is 17.2 Å². The normalized spacial score (nSPS) is 12.6. The number of benzene rings is 1. The van der Waals surface area contributed by atoms with E-state index in [4.69, 9.17) is 14.2 Å². The molecule has 2 aromatic rings. The summed E-state index contributed by atoms with van der Waals surface area (Å²) < 4.78 is 16.7. The van der Waals surface area contributed by atoms with Gasteiger partial charge >= 0.3 is 0 Å². The maximum Gasteiger partial charge on any atom is 0.265 e. The van der Waals surface area contributed by atoms with Crippen LogP contribution in [0.5, 0.6) is 17.2 Å². The van der Waals surface area contributed by atoms with Crippen molar-refractivity contribution in [2.24, 2.45) is 0 Å². The van der Waals surface area contributed by atoms with Gasteiger partial charge in [-0.05, 0) is 19.9 Å². The molecule has 1 N–H and O–H groups in total. The molecule has 24 heavy (non-hydrogen) atoms. The van der Waals surface area contributed by atoms with E-state index in [0.717, 1.165) is 0 Å². The number of rotatable bonds is 5. The average molecular weight is 347 g/mol. The lowest BCUT2D eigenvalue weighted by atomic mass is 10.2. The molecule has 126 valence electrons. The van der Waals surface area contributed by atoms with Crippen LogP contribution in [0, 0.1) is 0 Å². The largest absolute Gasteiger partial charge is 0.492 e. The highest BCUT2D eigenvalue weighted by molar-refractivity contribution is 7.12. The third-order valence-corrected chi connectivity index (χ3v) is 4.35. The molecule has 0 fully saturated rings. The maximum atomic E-state index is 12.4. The van der Waals surface area contributed by atoms with Gasteiger partial charge in [0.15, 0.2) is 17.3 Å². The predicted molar refractivity (Wildman–Crippen MR) is 90.9 cm³/mol. The van der Waals surface area contributed by atoms with Crippen molar-refractivity contribution >= 4 is 28.7 Å². The fourth-order valence-electron chi connectivity index (χ4n) is 2.27. The minimum Gasteiger partial charge on any atom is -0.492 e. The van der Waals surface area contributed by atoms with E-state index in [1.54, 1.807) is 23.6 Å². The first kappa shape index (κ1) is 16.3. The molecule has 0 radical (unpaired) electrons. The lowest BCUT2D eigenvalue weighted by Gasteiger charge is -2.21. The fraction of sp³-hybridized carbons (Fsp3) is 0.294. The van der Waals surface area contributed by atoms with Crippen molar-refractivity contribution in [1.82, 2.24) is 0 Å². The number of anilines is 1. The van der Waals surface area contributed by atoms with Gasteiger partial charge in [0.1, 0.15) is 19.0 Å². The van der Waals surface area contributed by atoms with E-state index in [-0.39, 0.29) is 11.7 Å². The highest BCUT2D eigenvalue weighted by Gasteiger charge is 2.19. The van der Waals surface area contributed by atoms with Gasteiger partial charge in [0.25, 0.3) is 5.91 Å². The summed E-state index contributed by atoms with van der Waals surface area (Å²) in [4.78, 5) is 24.3. The molecule has 0 bridgehead atoms. The van der Waals surface area contributed by atoms with Gasteiger partial charge in [0.2, 0.25) is 0 Å². The number of hydrogen-bond acceptors (Lipinski definition) is 6. The number of carbonyl (C=O) groups excluding carboxylic acids is 2. The second-order valence-electron chi connectivity index (χ2n) is 5.13. The van der Waals surface area contributed by atoms with Crippen molar-refractivity contribution in [1.29, 1.82) is 0 Å². The Kier molecular flexibility index (Phi) is 4.71. The van der Waals surface area contributed by atoms with E-state index in [2.05, 4.69) is 5.32 Å². The topological polar surface area (TPSA) is 73.9 Å². The van der Waals surface area contributed by atoms with Crippen LogP contribution in [0.15, 0.2) is 23.6 Å². The molecule has 1 aromatic heterocycles. The van der Waals surface area contributed by atoms with E-state index in [1.165, 1.54) is 18.3 Å². The Bertz CT molecular complexity index is 783. The zero-order chi connectivity index (χ0) is 17.1. The summed E-state index contributed by atoms with van der Waals surface area (Å²) in [6.45, 7) is 4.73. The first-order valence-corrected chi connectivity index (χ1v) is 8.43. The number of hydrogen-bond donors (Lipinski definition) is 1. The molecule has 1 aliphatic heterocycles. The van der Waals surface area contributed by atoms with Crippen LogP contribution in [-0.2, 0) is 0 Å². The summed E-state index contributed by atoms with van der Waals surface area (Å²) in [5.41, 5.74) is 1.03. The van der Waals surface area contributed by atoms with Gasteiger partial charge in [0.05, 0.1) is 17.2 Å². The van der Waals surface area contributed by atoms with Crippen molar-refractivity contribution in [2.75, 3.05) is 25.1 Å². The maximum absolute atomic E-state index is 12.4. The van der Waals surface area contributed by atoms with Crippen LogP contribution in [0.2, 0.25) is 0 Å². The van der Waals surface area contributed by atoms with Gasteiger partial charge in [-0.25, -0.2) is 0 Å². The zero-order valence-electron chi connectivity index (χ0n) is 13.4. The monoisotopic (exact) mass is 347 g/mol. The fourth-order valence-corrected chi connectivity index (χ4v) is 3.11. The van der Waals surface area contributed by atoms with Crippen molar-refractivity contribution in [3.05, 3.63) is 34.0 Å². The molecule has 3 rings (SSSR count). The minimum absolute atomic E-state index is 0.0698. The van der Waals surface area contributed by atoms with Crippen LogP contribution in [0.1, 0.15) is 33.9 Å². The molecule has 0 aliphatic carbocycles. The van der Waals surface area contributed by atoms with Crippen LogP contribution >= 0.6 is 11.3 Å². The number of ketones is 1. The quantitative estimate of drug-likeness (QED) is 0.840. The SMILES string of the molecule is CCOc1cc2c(cc1NC(=O)c1cc(C(C)=O)cs1)OCCO2. The summed E-state index contributed by atoms with van der Waals surface area (Å²) in [5.74, 6) is 1.30. The lowest BCUT2D eigenvalue weighted by Crippen LogP contribution is -2.17. The van der Waals surface area contributed by atoms with Gasteiger partial charge < -0.3 is 19.5 Å². The van der Waals surface area contributed by atoms with E-state index in [1.807, 2.05) is 6.92 Å². The van der Waals surface area contributed by atoms with Crippen LogP contribution in [0.4, 0.5) is 5.69 Å². The smallest absolute Gasteiger partial charge is 0.265 e. The second-order valence-corrected chi connectivity index (χ2v) is 6.05. The summed E-state index contributed by atoms with van der Waals surface area (Å²) in [6.07, 6.45) is 0. The number of fused-ring (bicyclic) bond motifs is 1. The number of amides is 1. The molecule has 0 atom stereocenters. The van der Waals surface area contributed by atoms with Crippen LogP contribution in [-0.4, -0.2) is 31.5 Å². The van der Waals surface area contributed by atoms with Crippen molar-refractivity contribution < 1.29 is 23.8 Å². The molecule has 1 aromatic carbocycles. The van der Waals surface area contributed by atoms with Crippen molar-refractivity contribution in [3.63, 3.8) is 0 Å². The lowest BCUT2D eigenvalue weighted by molar-refractivity contribution is 0.101. The Balaban J connectivity index is 1.87. The third-order valence-electron chi connectivity index (χ3n) is 3.42. The van der Waals surface area contributed by atoms with E-state index in [9.17, 15) is 9.59 Å². The van der Waals surface area contributed by atoms with Crippen LogP contribution in [0.25, 0.3) is 0 Å². The molecule has 1 aliphatic rings. The van der Waals surface area contributed by atoms with Gasteiger partial charge in [-0.2, -0.15) is 0 Å². The highest BCUT2D eigenvalue weighted by Crippen LogP contribution is 2.40. The standard InChI is InChI=1S/C17H17NO5S/c1-3-21-13-8-15-14(22-4-5-23-15)7-12(13)18-17(20)16-6-11(9-24-16)10(2)19/h6-9H,3-5H2,1-2H3,(H,18,20). The van der Waals surface area contributed by atoms with Gasteiger partial charge in [-0.1, -0.05) is 0 Å². The number of thiophene rings is 1. The Morgan fingerprint density at radius 2 is 1.92 bits per heavy atom. The van der Waals surface area contributed by atoms with E-state index < -0.39 is 0 Å². The Hall–Kier alpha value is -2.54. The second kappa shape index (κ2) is 6.92. The number of carbonyl (C=O) groups is 2. The first-order valence-electron chi connectivity index (χ1n) is 7.55. The highest BCUT2D eigenvalue weighted by atomic mass is 32.1. The Morgan fingerprint density at radius 1 is 1.21 bits per heavy atom. The molecule has 0 unspecified atom stereocenters.